The van der Waals surface area contributed by atoms with E-state index in [1.54, 1.807) is 0 Å². The lowest BCUT2D eigenvalue weighted by Crippen LogP contribution is -2.38. The number of amides is 1. The van der Waals surface area contributed by atoms with E-state index in [4.69, 9.17) is 4.74 Å². The van der Waals surface area contributed by atoms with Crippen LogP contribution in [0.1, 0.15) is 39.2 Å². The van der Waals surface area contributed by atoms with Crippen LogP contribution >= 0.6 is 0 Å². The van der Waals surface area contributed by atoms with Crippen molar-refractivity contribution in [1.29, 1.82) is 0 Å². The first-order valence-electron chi connectivity index (χ1n) is 7.73. The minimum atomic E-state index is 0.0858. The molecule has 0 radical (unpaired) electrons. The van der Waals surface area contributed by atoms with Crippen LogP contribution in [-0.2, 0) is 16.1 Å². The van der Waals surface area contributed by atoms with Crippen LogP contribution in [0.15, 0.2) is 12.4 Å². The summed E-state index contributed by atoms with van der Waals surface area (Å²) in [6, 6.07) is 0. The Balaban J connectivity index is 1.73. The van der Waals surface area contributed by atoms with E-state index in [0.717, 1.165) is 18.6 Å². The maximum Gasteiger partial charge on any atom is 0.221 e. The summed E-state index contributed by atoms with van der Waals surface area (Å²) in [6.45, 7) is 10.7. The summed E-state index contributed by atoms with van der Waals surface area (Å²) in [5.41, 5.74) is 1.24. The van der Waals surface area contributed by atoms with E-state index in [9.17, 15) is 4.79 Å². The monoisotopic (exact) mass is 293 g/mol. The molecule has 1 N–H and O–H groups in total. The summed E-state index contributed by atoms with van der Waals surface area (Å²) < 4.78 is 7.64. The number of rotatable bonds is 5. The van der Waals surface area contributed by atoms with Crippen LogP contribution in [0.3, 0.4) is 0 Å². The largest absolute Gasteiger partial charge is 0.377 e. The molecule has 1 saturated heterocycles. The van der Waals surface area contributed by atoms with Gasteiger partial charge in [0.25, 0.3) is 0 Å². The summed E-state index contributed by atoms with van der Waals surface area (Å²) in [5, 5.41) is 7.23. The summed E-state index contributed by atoms with van der Waals surface area (Å²) in [4.78, 5) is 11.9. The van der Waals surface area contributed by atoms with Gasteiger partial charge in [0.15, 0.2) is 0 Å². The van der Waals surface area contributed by atoms with Crippen LogP contribution < -0.4 is 5.32 Å². The van der Waals surface area contributed by atoms with Gasteiger partial charge in [-0.05, 0) is 24.3 Å². The van der Waals surface area contributed by atoms with Crippen LogP contribution in [-0.4, -0.2) is 34.9 Å². The van der Waals surface area contributed by atoms with E-state index in [0.29, 0.717) is 25.4 Å². The second-order valence-electron chi connectivity index (χ2n) is 7.04. The maximum absolute atomic E-state index is 11.9. The molecule has 5 heteroatoms. The molecule has 118 valence electrons. The molecule has 0 aromatic carbocycles. The van der Waals surface area contributed by atoms with Gasteiger partial charge in [0.05, 0.1) is 12.3 Å². The Labute approximate surface area is 127 Å². The molecule has 0 saturated carbocycles. The molecule has 21 heavy (non-hydrogen) atoms. The number of carbonyl (C=O) groups excluding carboxylic acids is 1. The van der Waals surface area contributed by atoms with E-state index >= 15 is 0 Å². The average Bonchev–Trinajstić information content (AvgIpc) is 3.01. The van der Waals surface area contributed by atoms with Gasteiger partial charge in [0.2, 0.25) is 5.91 Å². The summed E-state index contributed by atoms with van der Waals surface area (Å²) in [6.07, 6.45) is 5.48. The molecule has 5 nitrogen and oxygen atoms in total. The number of hydrogen-bond donors (Lipinski definition) is 1. The van der Waals surface area contributed by atoms with Gasteiger partial charge < -0.3 is 10.1 Å². The fraction of sp³-hybridized carbons (Fsp3) is 0.750. The fourth-order valence-electron chi connectivity index (χ4n) is 2.94. The van der Waals surface area contributed by atoms with Gasteiger partial charge in [-0.1, -0.05) is 20.8 Å². The van der Waals surface area contributed by atoms with E-state index in [-0.39, 0.29) is 17.4 Å². The van der Waals surface area contributed by atoms with Gasteiger partial charge >= 0.3 is 0 Å². The molecule has 1 amide bonds. The number of nitrogens with one attached hydrogen (secondary N) is 1. The number of aryl methyl sites for hydroxylation is 2. The highest BCUT2D eigenvalue weighted by Crippen LogP contribution is 2.34. The van der Waals surface area contributed by atoms with Crippen molar-refractivity contribution in [3.8, 4) is 0 Å². The molecule has 1 aromatic heterocycles. The van der Waals surface area contributed by atoms with E-state index in [2.05, 4.69) is 31.2 Å². The van der Waals surface area contributed by atoms with Crippen molar-refractivity contribution in [3.05, 3.63) is 18.0 Å². The molecule has 1 aliphatic rings. The minimum Gasteiger partial charge on any atom is -0.377 e. The standard InChI is InChI=1S/C16H27N3O2/c1-12-9-18-19(11-12)7-5-14(20)17-10-13-6-8-21-15(13)16(2,3)4/h9,11,13,15H,5-8,10H2,1-4H3,(H,17,20)/t13-,15+/m1/s1. The van der Waals surface area contributed by atoms with Crippen LogP contribution in [0.4, 0.5) is 0 Å². The topological polar surface area (TPSA) is 56.2 Å². The van der Waals surface area contributed by atoms with Crippen molar-refractivity contribution in [2.75, 3.05) is 13.2 Å². The molecule has 1 aliphatic heterocycles. The molecular weight excluding hydrogens is 266 g/mol. The SMILES string of the molecule is Cc1cnn(CCC(=O)NC[C@H]2CCO[C@@H]2C(C)(C)C)c1. The minimum absolute atomic E-state index is 0.0858. The molecule has 1 aromatic rings. The van der Waals surface area contributed by atoms with Crippen LogP contribution in [0, 0.1) is 18.3 Å². The lowest BCUT2D eigenvalue weighted by atomic mass is 9.81. The van der Waals surface area contributed by atoms with Crippen molar-refractivity contribution in [2.24, 2.45) is 11.3 Å². The highest BCUT2D eigenvalue weighted by molar-refractivity contribution is 5.75. The highest BCUT2D eigenvalue weighted by Gasteiger charge is 2.37. The average molecular weight is 293 g/mol. The predicted molar refractivity (Wildman–Crippen MR) is 81.9 cm³/mol. The third kappa shape index (κ3) is 4.56. The Morgan fingerprint density at radius 2 is 2.29 bits per heavy atom. The summed E-state index contributed by atoms with van der Waals surface area (Å²) >= 11 is 0. The zero-order valence-electron chi connectivity index (χ0n) is 13.6. The fourth-order valence-corrected chi connectivity index (χ4v) is 2.94. The van der Waals surface area contributed by atoms with Crippen molar-refractivity contribution in [1.82, 2.24) is 15.1 Å². The first kappa shape index (κ1) is 16.0. The summed E-state index contributed by atoms with van der Waals surface area (Å²) in [7, 11) is 0. The van der Waals surface area contributed by atoms with Gasteiger partial charge in [-0.25, -0.2) is 0 Å². The molecule has 0 spiro atoms. The molecule has 0 bridgehead atoms. The van der Waals surface area contributed by atoms with Crippen molar-refractivity contribution in [3.63, 3.8) is 0 Å². The van der Waals surface area contributed by atoms with Gasteiger partial charge in [-0.15, -0.1) is 0 Å². The predicted octanol–water partition coefficient (Wildman–Crippen LogP) is 2.15. The van der Waals surface area contributed by atoms with Gasteiger partial charge in [0.1, 0.15) is 0 Å². The van der Waals surface area contributed by atoms with Crippen LogP contribution in [0.2, 0.25) is 0 Å². The normalized spacial score (nSPS) is 22.5. The first-order valence-corrected chi connectivity index (χ1v) is 7.73. The van der Waals surface area contributed by atoms with Gasteiger partial charge in [0, 0.05) is 38.2 Å². The van der Waals surface area contributed by atoms with Crippen molar-refractivity contribution in [2.45, 2.75) is 53.2 Å². The zero-order chi connectivity index (χ0) is 15.5. The molecule has 2 heterocycles. The Morgan fingerprint density at radius 1 is 1.52 bits per heavy atom. The molecule has 1 fully saturated rings. The van der Waals surface area contributed by atoms with Crippen LogP contribution in [0.25, 0.3) is 0 Å². The number of ether oxygens (including phenoxy) is 1. The van der Waals surface area contributed by atoms with E-state index in [1.807, 2.05) is 24.0 Å². The molecule has 0 unspecified atom stereocenters. The van der Waals surface area contributed by atoms with E-state index in [1.165, 1.54) is 0 Å². The Morgan fingerprint density at radius 3 is 2.90 bits per heavy atom. The van der Waals surface area contributed by atoms with E-state index < -0.39 is 0 Å². The Hall–Kier alpha value is -1.36. The lowest BCUT2D eigenvalue weighted by molar-refractivity contribution is -0.121. The first-order chi connectivity index (χ1) is 9.86. The summed E-state index contributed by atoms with van der Waals surface area (Å²) in [5.74, 6) is 0.503. The Bertz CT molecular complexity index is 476. The van der Waals surface area contributed by atoms with Crippen molar-refractivity contribution < 1.29 is 9.53 Å². The third-order valence-electron chi connectivity index (χ3n) is 3.96. The number of nitrogens with zero attached hydrogens (tertiary/aromatic N) is 2. The van der Waals surface area contributed by atoms with Crippen LogP contribution in [0.5, 0.6) is 0 Å². The quantitative estimate of drug-likeness (QED) is 0.905. The smallest absolute Gasteiger partial charge is 0.221 e. The maximum atomic E-state index is 11.9. The van der Waals surface area contributed by atoms with Gasteiger partial charge in [-0.2, -0.15) is 5.10 Å². The second-order valence-corrected chi connectivity index (χ2v) is 7.04. The second kappa shape index (κ2) is 6.60. The third-order valence-corrected chi connectivity index (χ3v) is 3.96. The number of hydrogen-bond acceptors (Lipinski definition) is 3. The number of aromatic nitrogens is 2. The molecule has 2 rings (SSSR count). The highest BCUT2D eigenvalue weighted by atomic mass is 16.5. The number of carbonyl (C=O) groups is 1. The Kier molecular flexibility index (Phi) is 5.04. The zero-order valence-corrected chi connectivity index (χ0v) is 13.6. The molecular formula is C16H27N3O2. The van der Waals surface area contributed by atoms with Gasteiger partial charge in [-0.3, -0.25) is 9.48 Å². The lowest BCUT2D eigenvalue weighted by Gasteiger charge is -2.31. The van der Waals surface area contributed by atoms with Crippen molar-refractivity contribution >= 4 is 5.91 Å². The molecule has 0 aliphatic carbocycles. The molecule has 2 atom stereocenters.